The monoisotopic (exact) mass is 416 g/mol. The van der Waals surface area contributed by atoms with Gasteiger partial charge in [-0.25, -0.2) is 14.6 Å². The first-order valence-electron chi connectivity index (χ1n) is 10.4. The number of benzene rings is 1. The molecule has 1 saturated heterocycles. The minimum absolute atomic E-state index is 0.0244. The summed E-state index contributed by atoms with van der Waals surface area (Å²) in [4.78, 5) is 23.9. The average Bonchev–Trinajstić information content (AvgIpc) is 3.39. The van der Waals surface area contributed by atoms with Gasteiger partial charge in [0.25, 0.3) is 0 Å². The van der Waals surface area contributed by atoms with Crippen molar-refractivity contribution in [2.24, 2.45) is 5.92 Å². The van der Waals surface area contributed by atoms with Gasteiger partial charge in [-0.15, -0.1) is 0 Å². The number of amides is 1. The molecule has 4 aromatic rings. The van der Waals surface area contributed by atoms with Crippen LogP contribution in [-0.4, -0.2) is 48.9 Å². The molecule has 3 aromatic heterocycles. The Morgan fingerprint density at radius 2 is 2.03 bits per heavy atom. The van der Waals surface area contributed by atoms with Crippen molar-refractivity contribution in [3.63, 3.8) is 0 Å². The Hall–Kier alpha value is -3.75. The summed E-state index contributed by atoms with van der Waals surface area (Å²) in [6, 6.07) is 9.71. The lowest BCUT2D eigenvalue weighted by molar-refractivity contribution is -0.120. The number of anilines is 2. The molecule has 0 bridgehead atoms. The Kier molecular flexibility index (Phi) is 4.85. The molecule has 0 aliphatic carbocycles. The van der Waals surface area contributed by atoms with E-state index < -0.39 is 0 Å². The molecule has 31 heavy (non-hydrogen) atoms. The molecule has 1 aromatic carbocycles. The van der Waals surface area contributed by atoms with Crippen LogP contribution in [0.25, 0.3) is 16.7 Å². The number of aromatic nitrogens is 6. The van der Waals surface area contributed by atoms with Crippen molar-refractivity contribution < 1.29 is 4.79 Å². The van der Waals surface area contributed by atoms with Gasteiger partial charge in [-0.05, 0) is 51.0 Å². The van der Waals surface area contributed by atoms with Gasteiger partial charge in [0.1, 0.15) is 12.1 Å². The van der Waals surface area contributed by atoms with Gasteiger partial charge < -0.3 is 10.2 Å². The number of aryl methyl sites for hydroxylation is 2. The van der Waals surface area contributed by atoms with E-state index in [0.717, 1.165) is 59.0 Å². The summed E-state index contributed by atoms with van der Waals surface area (Å²) in [7, 11) is 0. The fourth-order valence-corrected chi connectivity index (χ4v) is 4.15. The van der Waals surface area contributed by atoms with Gasteiger partial charge in [0.05, 0.1) is 23.3 Å². The third-order valence-electron chi connectivity index (χ3n) is 5.69. The number of carbonyl (C=O) groups is 1. The van der Waals surface area contributed by atoms with Crippen LogP contribution in [0.4, 0.5) is 11.5 Å². The Balaban J connectivity index is 1.31. The maximum Gasteiger partial charge on any atom is 0.229 e. The molecular formula is C22H24N8O. The number of nitrogens with one attached hydrogen (secondary N) is 2. The molecular weight excluding hydrogens is 392 g/mol. The van der Waals surface area contributed by atoms with Gasteiger partial charge in [-0.3, -0.25) is 9.89 Å². The summed E-state index contributed by atoms with van der Waals surface area (Å²) in [5, 5.41) is 15.5. The number of carbonyl (C=O) groups excluding carboxylic acids is 1. The number of fused-ring (bicyclic) bond motifs is 1. The molecule has 1 unspecified atom stereocenters. The first-order valence-corrected chi connectivity index (χ1v) is 10.4. The van der Waals surface area contributed by atoms with Crippen LogP contribution in [0.1, 0.15) is 24.2 Å². The van der Waals surface area contributed by atoms with Crippen molar-refractivity contribution >= 4 is 28.3 Å². The highest BCUT2D eigenvalue weighted by Crippen LogP contribution is 2.25. The zero-order chi connectivity index (χ0) is 21.4. The van der Waals surface area contributed by atoms with Gasteiger partial charge in [0.2, 0.25) is 5.91 Å². The molecule has 2 N–H and O–H groups in total. The van der Waals surface area contributed by atoms with E-state index in [9.17, 15) is 4.79 Å². The van der Waals surface area contributed by atoms with Crippen LogP contribution in [0.5, 0.6) is 0 Å². The largest absolute Gasteiger partial charge is 0.356 e. The van der Waals surface area contributed by atoms with Crippen molar-refractivity contribution in [1.29, 1.82) is 0 Å². The van der Waals surface area contributed by atoms with Crippen LogP contribution in [0.15, 0.2) is 42.9 Å². The molecule has 1 aliphatic rings. The standard InChI is InChI=1S/C22H24N8O/c1-14-8-15(2)30(28-14)21-10-20(23-13-24-21)29-7-3-4-17(12-29)22(31)26-18-6-5-16-11-25-27-19(16)9-18/h5-6,8-11,13,17H,3-4,7,12H2,1-2H3,(H,25,27)(H,26,31). The van der Waals surface area contributed by atoms with Crippen molar-refractivity contribution in [3.05, 3.63) is 54.2 Å². The molecule has 1 amide bonds. The molecule has 1 atom stereocenters. The van der Waals surface area contributed by atoms with E-state index in [2.05, 4.69) is 35.5 Å². The Labute approximate surface area is 179 Å². The number of aromatic amines is 1. The number of H-pyrrole nitrogens is 1. The molecule has 1 aliphatic heterocycles. The number of nitrogens with zero attached hydrogens (tertiary/aromatic N) is 6. The lowest BCUT2D eigenvalue weighted by Gasteiger charge is -2.32. The Morgan fingerprint density at radius 1 is 1.16 bits per heavy atom. The van der Waals surface area contributed by atoms with E-state index in [1.165, 1.54) is 0 Å². The average molecular weight is 416 g/mol. The molecule has 5 rings (SSSR count). The van der Waals surface area contributed by atoms with Gasteiger partial charge in [-0.2, -0.15) is 10.2 Å². The molecule has 9 heteroatoms. The molecule has 0 radical (unpaired) electrons. The van der Waals surface area contributed by atoms with Gasteiger partial charge >= 0.3 is 0 Å². The minimum atomic E-state index is -0.113. The second-order valence-corrected chi connectivity index (χ2v) is 8.02. The lowest BCUT2D eigenvalue weighted by atomic mass is 9.97. The maximum absolute atomic E-state index is 12.9. The fourth-order valence-electron chi connectivity index (χ4n) is 4.15. The van der Waals surface area contributed by atoms with Crippen molar-refractivity contribution in [2.45, 2.75) is 26.7 Å². The van der Waals surface area contributed by atoms with E-state index in [0.29, 0.717) is 6.54 Å². The number of rotatable bonds is 4. The first-order chi connectivity index (χ1) is 15.1. The third-order valence-corrected chi connectivity index (χ3v) is 5.69. The van der Waals surface area contributed by atoms with Crippen molar-refractivity contribution in [2.75, 3.05) is 23.3 Å². The second kappa shape index (κ2) is 7.82. The number of hydrogen-bond donors (Lipinski definition) is 2. The third kappa shape index (κ3) is 3.86. The van der Waals surface area contributed by atoms with Gasteiger partial charge in [0, 0.05) is 35.9 Å². The topological polar surface area (TPSA) is 105 Å². The van der Waals surface area contributed by atoms with E-state index in [1.54, 1.807) is 12.5 Å². The normalized spacial score (nSPS) is 16.6. The highest BCUT2D eigenvalue weighted by atomic mass is 16.1. The molecule has 4 heterocycles. The summed E-state index contributed by atoms with van der Waals surface area (Å²) < 4.78 is 1.82. The number of piperidine rings is 1. The predicted octanol–water partition coefficient (Wildman–Crippen LogP) is 3.01. The second-order valence-electron chi connectivity index (χ2n) is 8.02. The quantitative estimate of drug-likeness (QED) is 0.530. The Bertz CT molecular complexity index is 1240. The van der Waals surface area contributed by atoms with Gasteiger partial charge in [0.15, 0.2) is 5.82 Å². The summed E-state index contributed by atoms with van der Waals surface area (Å²) in [6.07, 6.45) is 5.10. The zero-order valence-electron chi connectivity index (χ0n) is 17.5. The van der Waals surface area contributed by atoms with E-state index >= 15 is 0 Å². The van der Waals surface area contributed by atoms with Crippen molar-refractivity contribution in [1.82, 2.24) is 29.9 Å². The van der Waals surface area contributed by atoms with Crippen LogP contribution in [0.3, 0.4) is 0 Å². The fraction of sp³-hybridized carbons (Fsp3) is 0.318. The van der Waals surface area contributed by atoms with E-state index in [-0.39, 0.29) is 11.8 Å². The molecule has 1 fully saturated rings. The highest BCUT2D eigenvalue weighted by molar-refractivity contribution is 5.95. The minimum Gasteiger partial charge on any atom is -0.356 e. The zero-order valence-corrected chi connectivity index (χ0v) is 17.5. The molecule has 158 valence electrons. The lowest BCUT2D eigenvalue weighted by Crippen LogP contribution is -2.41. The van der Waals surface area contributed by atoms with Crippen LogP contribution in [0.2, 0.25) is 0 Å². The first kappa shape index (κ1) is 19.2. The SMILES string of the molecule is Cc1cc(C)n(-c2cc(N3CCCC(C(=O)Nc4ccc5cn[nH]c5c4)C3)ncn2)n1. The molecule has 9 nitrogen and oxygen atoms in total. The van der Waals surface area contributed by atoms with Crippen LogP contribution >= 0.6 is 0 Å². The highest BCUT2D eigenvalue weighted by Gasteiger charge is 2.27. The summed E-state index contributed by atoms with van der Waals surface area (Å²) in [5.41, 5.74) is 3.64. The van der Waals surface area contributed by atoms with Crippen LogP contribution in [-0.2, 0) is 4.79 Å². The smallest absolute Gasteiger partial charge is 0.229 e. The summed E-state index contributed by atoms with van der Waals surface area (Å²) >= 11 is 0. The molecule has 0 spiro atoms. The Morgan fingerprint density at radius 3 is 2.87 bits per heavy atom. The molecule has 0 saturated carbocycles. The van der Waals surface area contributed by atoms with Crippen LogP contribution < -0.4 is 10.2 Å². The van der Waals surface area contributed by atoms with Gasteiger partial charge in [-0.1, -0.05) is 0 Å². The summed E-state index contributed by atoms with van der Waals surface area (Å²) in [6.45, 7) is 5.44. The van der Waals surface area contributed by atoms with Crippen LogP contribution in [0, 0.1) is 19.8 Å². The number of hydrogen-bond acceptors (Lipinski definition) is 6. The summed E-state index contributed by atoms with van der Waals surface area (Å²) in [5.74, 6) is 1.46. The predicted molar refractivity (Wildman–Crippen MR) is 118 cm³/mol. The van der Waals surface area contributed by atoms with E-state index in [1.807, 2.05) is 48.9 Å². The van der Waals surface area contributed by atoms with Crippen molar-refractivity contribution in [3.8, 4) is 5.82 Å². The van der Waals surface area contributed by atoms with E-state index in [4.69, 9.17) is 0 Å². The maximum atomic E-state index is 12.9.